The van der Waals surface area contributed by atoms with Gasteiger partial charge in [-0.1, -0.05) is 73.1 Å². The molecule has 0 heterocycles. The van der Waals surface area contributed by atoms with Crippen molar-refractivity contribution >= 4 is 15.9 Å². The molecule has 0 aromatic heterocycles. The van der Waals surface area contributed by atoms with Crippen molar-refractivity contribution in [3.8, 4) is 17.2 Å². The third kappa shape index (κ3) is 5.60. The number of hydrogen-bond acceptors (Lipinski definition) is 2. The first kappa shape index (κ1) is 22.3. The van der Waals surface area contributed by atoms with Gasteiger partial charge in [-0.15, -0.1) is 0 Å². The van der Waals surface area contributed by atoms with E-state index in [9.17, 15) is 8.78 Å². The highest BCUT2D eigenvalue weighted by Gasteiger charge is 2.31. The monoisotopic (exact) mass is 474 g/mol. The summed E-state index contributed by atoms with van der Waals surface area (Å²) in [7, 11) is 0. The first-order valence-corrected chi connectivity index (χ1v) is 10.6. The first-order chi connectivity index (χ1) is 14.3. The van der Waals surface area contributed by atoms with Crippen molar-refractivity contribution in [2.24, 2.45) is 5.92 Å². The zero-order chi connectivity index (χ0) is 21.7. The van der Waals surface area contributed by atoms with Crippen LogP contribution in [0.25, 0.3) is 0 Å². The molecule has 0 N–H and O–H groups in total. The van der Waals surface area contributed by atoms with Crippen LogP contribution in [0.2, 0.25) is 0 Å². The number of alkyl halides is 2. The Balaban J connectivity index is 1.80. The van der Waals surface area contributed by atoms with Crippen molar-refractivity contribution in [2.75, 3.05) is 0 Å². The SMILES string of the molecule is CC(Cc1cccc(Oc2ccccc2)c1)C(C)(C)c1ccc(Br)cc1OC(F)F. The molecule has 0 spiro atoms. The van der Waals surface area contributed by atoms with Crippen molar-refractivity contribution in [1.29, 1.82) is 0 Å². The lowest BCUT2D eigenvalue weighted by atomic mass is 9.71. The Morgan fingerprint density at radius 3 is 2.30 bits per heavy atom. The highest BCUT2D eigenvalue weighted by Crippen LogP contribution is 2.41. The molecule has 0 amide bonds. The van der Waals surface area contributed by atoms with Gasteiger partial charge in [-0.25, -0.2) is 0 Å². The number of halogens is 3. The molecular weight excluding hydrogens is 450 g/mol. The molecule has 1 atom stereocenters. The quantitative estimate of drug-likeness (QED) is 0.329. The Labute approximate surface area is 185 Å². The topological polar surface area (TPSA) is 18.5 Å². The summed E-state index contributed by atoms with van der Waals surface area (Å²) in [5.74, 6) is 1.92. The van der Waals surface area contributed by atoms with Gasteiger partial charge >= 0.3 is 6.61 Å². The maximum Gasteiger partial charge on any atom is 0.387 e. The van der Waals surface area contributed by atoms with E-state index in [0.29, 0.717) is 4.47 Å². The highest BCUT2D eigenvalue weighted by molar-refractivity contribution is 9.10. The number of ether oxygens (including phenoxy) is 2. The Morgan fingerprint density at radius 1 is 0.900 bits per heavy atom. The zero-order valence-corrected chi connectivity index (χ0v) is 18.8. The summed E-state index contributed by atoms with van der Waals surface area (Å²) < 4.78 is 37.3. The van der Waals surface area contributed by atoms with E-state index >= 15 is 0 Å². The standard InChI is InChI=1S/C25H25BrF2O2/c1-17(25(2,3)22-13-12-19(26)16-23(22)30-24(27)28)14-18-8-7-11-21(15-18)29-20-9-5-4-6-10-20/h4-13,15-17,24H,14H2,1-3H3. The first-order valence-electron chi connectivity index (χ1n) is 9.82. The lowest BCUT2D eigenvalue weighted by Gasteiger charge is -2.34. The fraction of sp³-hybridized carbons (Fsp3) is 0.280. The minimum Gasteiger partial charge on any atom is -0.457 e. The Kier molecular flexibility index (Phi) is 7.14. The van der Waals surface area contributed by atoms with Gasteiger partial charge in [0, 0.05) is 10.0 Å². The molecule has 0 bridgehead atoms. The largest absolute Gasteiger partial charge is 0.457 e. The molecule has 0 radical (unpaired) electrons. The summed E-state index contributed by atoms with van der Waals surface area (Å²) in [6.45, 7) is 3.38. The van der Waals surface area contributed by atoms with Gasteiger partial charge < -0.3 is 9.47 Å². The summed E-state index contributed by atoms with van der Waals surface area (Å²) in [6, 6.07) is 22.9. The lowest BCUT2D eigenvalue weighted by molar-refractivity contribution is -0.0512. The molecule has 0 aliphatic carbocycles. The maximum atomic E-state index is 12.9. The van der Waals surface area contributed by atoms with Crippen molar-refractivity contribution in [1.82, 2.24) is 0 Å². The van der Waals surface area contributed by atoms with Gasteiger partial charge in [0.2, 0.25) is 0 Å². The van der Waals surface area contributed by atoms with Crippen LogP contribution in [-0.2, 0) is 11.8 Å². The van der Waals surface area contributed by atoms with Crippen molar-refractivity contribution in [2.45, 2.75) is 39.2 Å². The summed E-state index contributed by atoms with van der Waals surface area (Å²) in [6.07, 6.45) is 0.767. The summed E-state index contributed by atoms with van der Waals surface area (Å²) >= 11 is 3.34. The lowest BCUT2D eigenvalue weighted by Crippen LogP contribution is -2.29. The van der Waals surface area contributed by atoms with Gasteiger partial charge in [0.1, 0.15) is 17.2 Å². The van der Waals surface area contributed by atoms with Crippen molar-refractivity contribution < 1.29 is 18.3 Å². The van der Waals surface area contributed by atoms with Crippen molar-refractivity contribution in [3.05, 3.63) is 88.4 Å². The second-order valence-electron chi connectivity index (χ2n) is 7.91. The van der Waals surface area contributed by atoms with E-state index in [0.717, 1.165) is 29.0 Å². The Bertz CT molecular complexity index is 974. The van der Waals surface area contributed by atoms with E-state index in [1.165, 1.54) is 0 Å². The second-order valence-corrected chi connectivity index (χ2v) is 8.82. The molecule has 1 unspecified atom stereocenters. The van der Waals surface area contributed by atoms with Gasteiger partial charge in [0.15, 0.2) is 0 Å². The molecule has 0 aliphatic rings. The predicted molar refractivity (Wildman–Crippen MR) is 120 cm³/mol. The third-order valence-electron chi connectivity index (χ3n) is 5.51. The van der Waals surface area contributed by atoms with Crippen LogP contribution in [0.4, 0.5) is 8.78 Å². The van der Waals surface area contributed by atoms with Crippen LogP contribution in [0.1, 0.15) is 31.9 Å². The van der Waals surface area contributed by atoms with E-state index in [4.69, 9.17) is 9.47 Å². The summed E-state index contributed by atoms with van der Waals surface area (Å²) in [4.78, 5) is 0. The maximum absolute atomic E-state index is 12.9. The van der Waals surface area contributed by atoms with E-state index in [-0.39, 0.29) is 17.1 Å². The van der Waals surface area contributed by atoms with Gasteiger partial charge in [0.05, 0.1) is 0 Å². The van der Waals surface area contributed by atoms with Crippen LogP contribution in [0.5, 0.6) is 17.2 Å². The molecule has 2 nitrogen and oxygen atoms in total. The average Bonchev–Trinajstić information content (AvgIpc) is 2.68. The van der Waals surface area contributed by atoms with Crippen LogP contribution < -0.4 is 9.47 Å². The summed E-state index contributed by atoms with van der Waals surface area (Å²) in [5.41, 5.74) is 1.49. The molecule has 5 heteroatoms. The van der Waals surface area contributed by atoms with Crippen LogP contribution >= 0.6 is 15.9 Å². The minimum atomic E-state index is -2.86. The van der Waals surface area contributed by atoms with Crippen LogP contribution in [0.3, 0.4) is 0 Å². The number of rotatable bonds is 8. The molecule has 0 fully saturated rings. The van der Waals surface area contributed by atoms with Gasteiger partial charge in [0.25, 0.3) is 0 Å². The molecule has 3 rings (SSSR count). The highest BCUT2D eigenvalue weighted by atomic mass is 79.9. The van der Waals surface area contributed by atoms with E-state index in [1.807, 2.05) is 60.7 Å². The van der Waals surface area contributed by atoms with Gasteiger partial charge in [-0.2, -0.15) is 8.78 Å². The molecule has 30 heavy (non-hydrogen) atoms. The number of para-hydroxylation sites is 1. The Morgan fingerprint density at radius 2 is 1.60 bits per heavy atom. The van der Waals surface area contributed by atoms with Crippen LogP contribution in [0.15, 0.2) is 77.3 Å². The molecule has 3 aromatic rings. The predicted octanol–water partition coefficient (Wildman–Crippen LogP) is 8.00. The number of hydrogen-bond donors (Lipinski definition) is 0. The second kappa shape index (κ2) is 9.61. The van der Waals surface area contributed by atoms with Crippen LogP contribution in [0, 0.1) is 5.92 Å². The van der Waals surface area contributed by atoms with Crippen molar-refractivity contribution in [3.63, 3.8) is 0 Å². The molecule has 0 saturated heterocycles. The molecule has 3 aromatic carbocycles. The Hall–Kier alpha value is -2.40. The fourth-order valence-electron chi connectivity index (χ4n) is 3.46. The minimum absolute atomic E-state index is 0.158. The van der Waals surface area contributed by atoms with E-state index in [2.05, 4.69) is 42.8 Å². The molecule has 0 saturated carbocycles. The fourth-order valence-corrected chi connectivity index (χ4v) is 3.80. The smallest absolute Gasteiger partial charge is 0.387 e. The third-order valence-corrected chi connectivity index (χ3v) is 6.00. The molecule has 0 aliphatic heterocycles. The molecular formula is C25H25BrF2O2. The molecule has 158 valence electrons. The van der Waals surface area contributed by atoms with E-state index < -0.39 is 6.61 Å². The van der Waals surface area contributed by atoms with Gasteiger partial charge in [-0.3, -0.25) is 0 Å². The van der Waals surface area contributed by atoms with E-state index in [1.54, 1.807) is 6.07 Å². The summed E-state index contributed by atoms with van der Waals surface area (Å²) in [5, 5.41) is 0. The van der Waals surface area contributed by atoms with Crippen LogP contribution in [-0.4, -0.2) is 6.61 Å². The van der Waals surface area contributed by atoms with Gasteiger partial charge in [-0.05, 0) is 59.7 Å². The normalized spacial score (nSPS) is 12.6. The average molecular weight is 475 g/mol. The number of benzene rings is 3. The zero-order valence-electron chi connectivity index (χ0n) is 17.2.